The molecule has 0 radical (unpaired) electrons. The second-order valence-corrected chi connectivity index (χ2v) is 6.55. The van der Waals surface area contributed by atoms with Gasteiger partial charge in [-0.2, -0.15) is 0 Å². The first-order chi connectivity index (χ1) is 10.8. The Morgan fingerprint density at radius 1 is 1.04 bits per heavy atom. The molecule has 0 aliphatic carbocycles. The molecule has 0 bridgehead atoms. The average molecular weight is 336 g/mol. The molecule has 1 heterocycles. The fourth-order valence-electron chi connectivity index (χ4n) is 2.21. The van der Waals surface area contributed by atoms with Crippen molar-refractivity contribution >= 4 is 20.7 Å². The molecular formula is C14H9FN2O5S. The van der Waals surface area contributed by atoms with Crippen LogP contribution in [0.1, 0.15) is 0 Å². The molecule has 0 saturated carbocycles. The summed E-state index contributed by atoms with van der Waals surface area (Å²) >= 11 is 0. The van der Waals surface area contributed by atoms with Crippen LogP contribution in [0.2, 0.25) is 0 Å². The number of aromatic nitrogens is 2. The quantitative estimate of drug-likeness (QED) is 0.676. The molecule has 0 aliphatic rings. The summed E-state index contributed by atoms with van der Waals surface area (Å²) in [5.74, 6) is -1.12. The molecule has 118 valence electrons. The van der Waals surface area contributed by atoms with Crippen molar-refractivity contribution < 1.29 is 18.0 Å². The van der Waals surface area contributed by atoms with Crippen molar-refractivity contribution in [3.8, 4) is 0 Å². The highest BCUT2D eigenvalue weighted by Crippen LogP contribution is 2.27. The molecule has 0 spiro atoms. The predicted molar refractivity (Wildman–Crippen MR) is 77.9 cm³/mol. The lowest BCUT2D eigenvalue weighted by Gasteiger charge is -2.09. The van der Waals surface area contributed by atoms with E-state index in [0.717, 1.165) is 12.1 Å². The van der Waals surface area contributed by atoms with E-state index in [0.29, 0.717) is 0 Å². The molecule has 0 atom stereocenters. The molecule has 7 nitrogen and oxygen atoms in total. The molecule has 3 rings (SSSR count). The Morgan fingerprint density at radius 3 is 2.35 bits per heavy atom. The van der Waals surface area contributed by atoms with E-state index >= 15 is 0 Å². The molecule has 9 heteroatoms. The van der Waals surface area contributed by atoms with E-state index in [1.54, 1.807) is 6.07 Å². The van der Waals surface area contributed by atoms with Crippen LogP contribution in [0, 0.1) is 5.82 Å². The molecule has 3 aromatic rings. The summed E-state index contributed by atoms with van der Waals surface area (Å²) in [5, 5.41) is 8.97. The van der Waals surface area contributed by atoms with Gasteiger partial charge >= 0.3 is 5.69 Å². The van der Waals surface area contributed by atoms with Gasteiger partial charge in [-0.25, -0.2) is 17.6 Å². The van der Waals surface area contributed by atoms with Crippen LogP contribution < -0.4 is 11.2 Å². The van der Waals surface area contributed by atoms with Crippen LogP contribution in [0.15, 0.2) is 61.8 Å². The first-order valence-corrected chi connectivity index (χ1v) is 7.79. The molecule has 0 aliphatic heterocycles. The van der Waals surface area contributed by atoms with Crippen LogP contribution in [-0.4, -0.2) is 23.3 Å². The molecule has 0 unspecified atom stereocenters. The average Bonchev–Trinajstić information content (AvgIpc) is 2.53. The standard InChI is InChI=1S/C14H9FN2O5S/c15-10-7-6-9-11(16-14(19)17(20)13(9)18)12(10)23(21,22)8-4-2-1-3-5-8/h1-7,20H,(H,16,19). The van der Waals surface area contributed by atoms with Gasteiger partial charge in [-0.3, -0.25) is 4.79 Å². The number of nitrogens with one attached hydrogen (secondary N) is 1. The van der Waals surface area contributed by atoms with Gasteiger partial charge in [0.15, 0.2) is 0 Å². The van der Waals surface area contributed by atoms with E-state index < -0.39 is 37.3 Å². The lowest BCUT2D eigenvalue weighted by Crippen LogP contribution is -2.33. The largest absolute Gasteiger partial charge is 0.421 e. The van der Waals surface area contributed by atoms with E-state index in [1.165, 1.54) is 24.3 Å². The Bertz CT molecular complexity index is 1130. The number of nitrogens with zero attached hydrogens (tertiary/aromatic N) is 1. The number of sulfone groups is 1. The number of rotatable bonds is 2. The van der Waals surface area contributed by atoms with Crippen LogP contribution >= 0.6 is 0 Å². The Hall–Kier alpha value is -2.94. The lowest BCUT2D eigenvalue weighted by atomic mass is 10.2. The Balaban J connectivity index is 2.50. The summed E-state index contributed by atoms with van der Waals surface area (Å²) in [4.78, 5) is 24.4. The van der Waals surface area contributed by atoms with Crippen molar-refractivity contribution in [3.05, 3.63) is 69.1 Å². The fraction of sp³-hybridized carbons (Fsp3) is 0. The van der Waals surface area contributed by atoms with Crippen molar-refractivity contribution in [1.29, 1.82) is 0 Å². The maximum absolute atomic E-state index is 14.2. The highest BCUT2D eigenvalue weighted by atomic mass is 32.2. The minimum Gasteiger partial charge on any atom is -0.421 e. The molecule has 2 aromatic carbocycles. The van der Waals surface area contributed by atoms with Crippen LogP contribution in [-0.2, 0) is 9.84 Å². The molecule has 0 amide bonds. The monoisotopic (exact) mass is 336 g/mol. The van der Waals surface area contributed by atoms with Gasteiger partial charge in [0.1, 0.15) is 10.7 Å². The maximum Gasteiger partial charge on any atom is 0.362 e. The molecular weight excluding hydrogens is 327 g/mol. The molecule has 1 aromatic heterocycles. The fourth-order valence-corrected chi connectivity index (χ4v) is 3.71. The van der Waals surface area contributed by atoms with Gasteiger partial charge in [-0.05, 0) is 24.3 Å². The maximum atomic E-state index is 14.2. The Kier molecular flexibility index (Phi) is 3.29. The lowest BCUT2D eigenvalue weighted by molar-refractivity contribution is 0.162. The first kappa shape index (κ1) is 15.0. The summed E-state index contributed by atoms with van der Waals surface area (Å²) in [5.41, 5.74) is -2.90. The normalized spacial score (nSPS) is 11.7. The zero-order chi connectivity index (χ0) is 16.8. The SMILES string of the molecule is O=c1[nH]c2c(S(=O)(=O)c3ccccc3)c(F)ccc2c(=O)n1O. The minimum atomic E-state index is -4.32. The third-order valence-corrected chi connectivity index (χ3v) is 5.11. The van der Waals surface area contributed by atoms with Crippen LogP contribution in [0.4, 0.5) is 4.39 Å². The molecule has 23 heavy (non-hydrogen) atoms. The van der Waals surface area contributed by atoms with Crippen molar-refractivity contribution in [2.45, 2.75) is 9.79 Å². The predicted octanol–water partition coefficient (Wildman–Crippen LogP) is 0.899. The van der Waals surface area contributed by atoms with Crippen molar-refractivity contribution in [2.24, 2.45) is 0 Å². The van der Waals surface area contributed by atoms with E-state index in [4.69, 9.17) is 0 Å². The number of hydrogen-bond acceptors (Lipinski definition) is 5. The summed E-state index contributed by atoms with van der Waals surface area (Å²) < 4.78 is 39.3. The zero-order valence-corrected chi connectivity index (χ0v) is 12.2. The molecule has 0 fully saturated rings. The van der Waals surface area contributed by atoms with Gasteiger partial charge in [0.2, 0.25) is 9.84 Å². The zero-order valence-electron chi connectivity index (χ0n) is 11.4. The van der Waals surface area contributed by atoms with Crippen molar-refractivity contribution in [2.75, 3.05) is 0 Å². The smallest absolute Gasteiger partial charge is 0.362 e. The van der Waals surface area contributed by atoms with Crippen LogP contribution in [0.3, 0.4) is 0 Å². The summed E-state index contributed by atoms with van der Waals surface area (Å²) in [6.07, 6.45) is 0. The van der Waals surface area contributed by atoms with Gasteiger partial charge in [0.25, 0.3) is 5.56 Å². The van der Waals surface area contributed by atoms with Crippen molar-refractivity contribution in [3.63, 3.8) is 0 Å². The minimum absolute atomic E-state index is 0.194. The van der Waals surface area contributed by atoms with Gasteiger partial charge in [-0.1, -0.05) is 22.9 Å². The molecule has 2 N–H and O–H groups in total. The number of aromatic amines is 1. The second-order valence-electron chi connectivity index (χ2n) is 4.66. The number of H-pyrrole nitrogens is 1. The van der Waals surface area contributed by atoms with Crippen molar-refractivity contribution in [1.82, 2.24) is 9.71 Å². The number of benzene rings is 2. The van der Waals surface area contributed by atoms with Gasteiger partial charge < -0.3 is 10.2 Å². The summed E-state index contributed by atoms with van der Waals surface area (Å²) in [7, 11) is -4.32. The first-order valence-electron chi connectivity index (χ1n) is 6.31. The van der Waals surface area contributed by atoms with Gasteiger partial charge in [-0.15, -0.1) is 0 Å². The van der Waals surface area contributed by atoms with Crippen LogP contribution in [0.5, 0.6) is 0 Å². The van der Waals surface area contributed by atoms with E-state index in [9.17, 15) is 27.6 Å². The third kappa shape index (κ3) is 2.21. The van der Waals surface area contributed by atoms with E-state index in [2.05, 4.69) is 0 Å². The van der Waals surface area contributed by atoms with Crippen LogP contribution in [0.25, 0.3) is 10.9 Å². The summed E-state index contributed by atoms with van der Waals surface area (Å²) in [6.45, 7) is 0. The number of hydrogen-bond donors (Lipinski definition) is 2. The Labute approximate surface area is 128 Å². The highest BCUT2D eigenvalue weighted by Gasteiger charge is 2.26. The number of fused-ring (bicyclic) bond motifs is 1. The van der Waals surface area contributed by atoms with Gasteiger partial charge in [0.05, 0.1) is 15.8 Å². The van der Waals surface area contributed by atoms with E-state index in [1.807, 2.05) is 4.98 Å². The second kappa shape index (κ2) is 5.06. The highest BCUT2D eigenvalue weighted by molar-refractivity contribution is 7.91. The Morgan fingerprint density at radius 2 is 1.70 bits per heavy atom. The topological polar surface area (TPSA) is 109 Å². The third-order valence-electron chi connectivity index (χ3n) is 3.28. The van der Waals surface area contributed by atoms with E-state index in [-0.39, 0.29) is 15.0 Å². The van der Waals surface area contributed by atoms with Gasteiger partial charge in [0, 0.05) is 0 Å². The number of halogens is 1. The summed E-state index contributed by atoms with van der Waals surface area (Å²) in [6, 6.07) is 8.80. The molecule has 0 saturated heterocycles.